The first-order valence-corrected chi connectivity index (χ1v) is 11.8. The first kappa shape index (κ1) is 23.2. The predicted molar refractivity (Wildman–Crippen MR) is 128 cm³/mol. The zero-order valence-corrected chi connectivity index (χ0v) is 19.7. The molecule has 1 aromatic carbocycles. The molecule has 1 fully saturated rings. The number of hydrogen-bond acceptors (Lipinski definition) is 8. The second-order valence-electron chi connectivity index (χ2n) is 8.25. The molecule has 0 N–H and O–H groups in total. The minimum atomic E-state index is -0.350. The highest BCUT2D eigenvalue weighted by Gasteiger charge is 2.22. The molecule has 0 atom stereocenters. The number of hydrogen-bond donors (Lipinski definition) is 0. The molecular weight excluding hydrogens is 441 g/mol. The zero-order valence-electron chi connectivity index (χ0n) is 18.9. The Kier molecular flexibility index (Phi) is 7.58. The quantitative estimate of drug-likeness (QED) is 0.502. The Morgan fingerprint density at radius 1 is 1.09 bits per heavy atom. The van der Waals surface area contributed by atoms with Crippen LogP contribution >= 0.6 is 11.3 Å². The third kappa shape index (κ3) is 6.10. The molecule has 174 valence electrons. The van der Waals surface area contributed by atoms with Gasteiger partial charge < -0.3 is 14.7 Å². The highest BCUT2D eigenvalue weighted by molar-refractivity contribution is 7.13. The van der Waals surface area contributed by atoms with Gasteiger partial charge in [-0.2, -0.15) is 10.2 Å². The van der Waals surface area contributed by atoms with Gasteiger partial charge in [0.1, 0.15) is 5.82 Å². The number of halogens is 1. The highest BCUT2D eigenvalue weighted by atomic mass is 32.1. The van der Waals surface area contributed by atoms with Crippen LogP contribution in [-0.2, 0) is 6.54 Å². The minimum absolute atomic E-state index is 0.236. The molecule has 10 heteroatoms. The van der Waals surface area contributed by atoms with E-state index in [1.54, 1.807) is 34.4 Å². The maximum absolute atomic E-state index is 13.5. The van der Waals surface area contributed by atoms with Crippen molar-refractivity contribution in [2.45, 2.75) is 6.54 Å². The Balaban J connectivity index is 1.45. The van der Waals surface area contributed by atoms with Crippen molar-refractivity contribution in [1.29, 1.82) is 0 Å². The topological polar surface area (TPSA) is 68.7 Å². The van der Waals surface area contributed by atoms with Gasteiger partial charge >= 0.3 is 0 Å². The molecule has 3 aromatic rings. The third-order valence-corrected chi connectivity index (χ3v) is 6.53. The van der Waals surface area contributed by atoms with Gasteiger partial charge in [-0.25, -0.2) is 9.37 Å². The van der Waals surface area contributed by atoms with Crippen molar-refractivity contribution >= 4 is 28.1 Å². The molecule has 1 saturated heterocycles. The van der Waals surface area contributed by atoms with Crippen LogP contribution in [0.4, 0.5) is 15.2 Å². The molecule has 33 heavy (non-hydrogen) atoms. The lowest BCUT2D eigenvalue weighted by molar-refractivity contribution is 0.0984. The Morgan fingerprint density at radius 2 is 1.85 bits per heavy atom. The standard InChI is InChI=1S/C23H28FN7OS/c1-28(2)9-10-29-11-13-30(14-12-29)23-27-20(17-33-23)16-31(21-5-3-19(24)4-6-21)22(32)18-7-8-25-26-15-18/h3-8,15,17H,9-14,16H2,1-2H3. The number of likely N-dealkylation sites (N-methyl/N-ethyl adjacent to an activating group) is 1. The summed E-state index contributed by atoms with van der Waals surface area (Å²) < 4.78 is 13.5. The number of rotatable bonds is 8. The number of thiazole rings is 1. The van der Waals surface area contributed by atoms with Gasteiger partial charge in [-0.15, -0.1) is 11.3 Å². The molecule has 2 aromatic heterocycles. The summed E-state index contributed by atoms with van der Waals surface area (Å²) in [6, 6.07) is 7.52. The minimum Gasteiger partial charge on any atom is -0.346 e. The number of carbonyl (C=O) groups is 1. The lowest BCUT2D eigenvalue weighted by Crippen LogP contribution is -2.48. The normalized spacial score (nSPS) is 14.6. The van der Waals surface area contributed by atoms with E-state index in [1.807, 2.05) is 5.38 Å². The summed E-state index contributed by atoms with van der Waals surface area (Å²) in [6.07, 6.45) is 2.91. The van der Waals surface area contributed by atoms with Crippen molar-refractivity contribution in [1.82, 2.24) is 25.0 Å². The summed E-state index contributed by atoms with van der Waals surface area (Å²) in [5, 5.41) is 10.5. The second-order valence-corrected chi connectivity index (χ2v) is 9.09. The van der Waals surface area contributed by atoms with Crippen molar-refractivity contribution in [2.75, 3.05) is 63.2 Å². The largest absolute Gasteiger partial charge is 0.346 e. The first-order chi connectivity index (χ1) is 16.0. The Morgan fingerprint density at radius 3 is 2.52 bits per heavy atom. The van der Waals surface area contributed by atoms with Gasteiger partial charge in [-0.05, 0) is 44.4 Å². The first-order valence-electron chi connectivity index (χ1n) is 10.9. The van der Waals surface area contributed by atoms with Crippen LogP contribution in [0.3, 0.4) is 0 Å². The van der Waals surface area contributed by atoms with E-state index >= 15 is 0 Å². The summed E-state index contributed by atoms with van der Waals surface area (Å²) in [7, 11) is 4.19. The van der Waals surface area contributed by atoms with Gasteiger partial charge in [0.2, 0.25) is 0 Å². The van der Waals surface area contributed by atoms with E-state index in [4.69, 9.17) is 4.98 Å². The number of benzene rings is 1. The number of amides is 1. The van der Waals surface area contributed by atoms with Crippen molar-refractivity contribution in [2.24, 2.45) is 0 Å². The average molecular weight is 470 g/mol. The van der Waals surface area contributed by atoms with E-state index < -0.39 is 0 Å². The Labute approximate surface area is 197 Å². The number of carbonyl (C=O) groups excluding carboxylic acids is 1. The average Bonchev–Trinajstić information content (AvgIpc) is 3.31. The number of nitrogens with zero attached hydrogens (tertiary/aromatic N) is 7. The highest BCUT2D eigenvalue weighted by Crippen LogP contribution is 2.25. The van der Waals surface area contributed by atoms with E-state index in [0.29, 0.717) is 11.3 Å². The van der Waals surface area contributed by atoms with Crippen molar-refractivity contribution in [3.63, 3.8) is 0 Å². The summed E-state index contributed by atoms with van der Waals surface area (Å²) in [4.78, 5) is 26.6. The van der Waals surface area contributed by atoms with Crippen LogP contribution in [0.25, 0.3) is 0 Å². The number of piperazine rings is 1. The van der Waals surface area contributed by atoms with Crippen LogP contribution < -0.4 is 9.80 Å². The lowest BCUT2D eigenvalue weighted by atomic mass is 10.2. The Bertz CT molecular complexity index is 1040. The molecule has 1 aliphatic rings. The van der Waals surface area contributed by atoms with Crippen LogP contribution in [0.1, 0.15) is 16.1 Å². The second kappa shape index (κ2) is 10.8. The lowest BCUT2D eigenvalue weighted by Gasteiger charge is -2.35. The van der Waals surface area contributed by atoms with Gasteiger partial charge in [-0.1, -0.05) is 0 Å². The molecule has 1 aliphatic heterocycles. The molecular formula is C23H28FN7OS. The maximum atomic E-state index is 13.5. The fourth-order valence-corrected chi connectivity index (χ4v) is 4.53. The third-order valence-electron chi connectivity index (χ3n) is 5.58. The van der Waals surface area contributed by atoms with E-state index in [2.05, 4.69) is 39.0 Å². The monoisotopic (exact) mass is 469 g/mol. The van der Waals surface area contributed by atoms with E-state index in [9.17, 15) is 9.18 Å². The molecule has 0 bridgehead atoms. The fourth-order valence-electron chi connectivity index (χ4n) is 3.65. The predicted octanol–water partition coefficient (Wildman–Crippen LogP) is 2.60. The molecule has 0 unspecified atom stereocenters. The van der Waals surface area contributed by atoms with E-state index in [-0.39, 0.29) is 18.3 Å². The summed E-state index contributed by atoms with van der Waals surface area (Å²) in [5.74, 6) is -0.585. The van der Waals surface area contributed by atoms with E-state index in [0.717, 1.165) is 50.1 Å². The van der Waals surface area contributed by atoms with Crippen molar-refractivity contribution in [3.05, 3.63) is 65.2 Å². The van der Waals surface area contributed by atoms with Crippen LogP contribution in [0.2, 0.25) is 0 Å². The van der Waals surface area contributed by atoms with Crippen LogP contribution in [0, 0.1) is 5.82 Å². The maximum Gasteiger partial charge on any atom is 0.260 e. The molecule has 0 saturated carbocycles. The van der Waals surface area contributed by atoms with Crippen molar-refractivity contribution in [3.8, 4) is 0 Å². The zero-order chi connectivity index (χ0) is 23.2. The van der Waals surface area contributed by atoms with Crippen LogP contribution in [0.15, 0.2) is 48.1 Å². The van der Waals surface area contributed by atoms with Gasteiger partial charge in [0.15, 0.2) is 5.13 Å². The van der Waals surface area contributed by atoms with Crippen molar-refractivity contribution < 1.29 is 9.18 Å². The smallest absolute Gasteiger partial charge is 0.260 e. The summed E-state index contributed by atoms with van der Waals surface area (Å²) in [5.41, 5.74) is 1.81. The molecule has 0 radical (unpaired) electrons. The number of anilines is 2. The van der Waals surface area contributed by atoms with Gasteiger partial charge in [0, 0.05) is 50.3 Å². The van der Waals surface area contributed by atoms with Gasteiger partial charge in [0.05, 0.1) is 30.2 Å². The molecule has 0 spiro atoms. The number of aromatic nitrogens is 3. The molecule has 1 amide bonds. The molecule has 8 nitrogen and oxygen atoms in total. The summed E-state index contributed by atoms with van der Waals surface area (Å²) in [6.45, 7) is 6.31. The molecule has 3 heterocycles. The molecule has 0 aliphatic carbocycles. The molecule has 4 rings (SSSR count). The fraction of sp³-hybridized carbons (Fsp3) is 0.391. The van der Waals surface area contributed by atoms with E-state index in [1.165, 1.54) is 24.5 Å². The van der Waals surface area contributed by atoms with Crippen LogP contribution in [0.5, 0.6) is 0 Å². The van der Waals surface area contributed by atoms with Gasteiger partial charge in [-0.3, -0.25) is 9.69 Å². The Hall–Kier alpha value is -2.95. The summed E-state index contributed by atoms with van der Waals surface area (Å²) >= 11 is 1.59. The van der Waals surface area contributed by atoms with Crippen LogP contribution in [-0.4, -0.2) is 84.3 Å². The van der Waals surface area contributed by atoms with Gasteiger partial charge in [0.25, 0.3) is 5.91 Å². The SMILES string of the molecule is CN(C)CCN1CCN(c2nc(CN(C(=O)c3ccnnc3)c3ccc(F)cc3)cs2)CC1.